The van der Waals surface area contributed by atoms with Crippen molar-refractivity contribution in [1.29, 1.82) is 0 Å². The zero-order chi connectivity index (χ0) is 25.3. The molecule has 0 saturated heterocycles. The van der Waals surface area contributed by atoms with E-state index in [-0.39, 0.29) is 21.1 Å². The number of rotatable bonds is 8. The average molecular weight is 698 g/mol. The van der Waals surface area contributed by atoms with Crippen LogP contribution in [0, 0.1) is 0 Å². The molecule has 2 unspecified atom stereocenters. The normalized spacial score (nSPS) is 13.3. The minimum Gasteiger partial charge on any atom is -0.778 e. The molecule has 0 amide bonds. The van der Waals surface area contributed by atoms with Crippen molar-refractivity contribution < 1.29 is 21.1 Å². The Kier molecular flexibility index (Phi) is 9.19. The molecule has 2 heterocycles. The van der Waals surface area contributed by atoms with E-state index < -0.39 is 5.41 Å². The molecule has 0 radical (unpaired) electrons. The molecule has 192 valence electrons. The summed E-state index contributed by atoms with van der Waals surface area (Å²) >= 11 is 11.3. The number of hydrogen-bond donors (Lipinski definition) is 0. The quantitative estimate of drug-likeness (QED) is 0.182. The van der Waals surface area contributed by atoms with E-state index in [0.29, 0.717) is 11.8 Å². The Morgan fingerprint density at radius 1 is 0.722 bits per heavy atom. The molecule has 4 rings (SSSR count). The minimum atomic E-state index is -0.409. The Morgan fingerprint density at radius 2 is 1.08 bits per heavy atom. The fourth-order valence-electron chi connectivity index (χ4n) is 4.30. The van der Waals surface area contributed by atoms with Crippen molar-refractivity contribution in [3.63, 3.8) is 0 Å². The van der Waals surface area contributed by atoms with Crippen LogP contribution in [0.3, 0.4) is 0 Å². The number of para-hydroxylation sites is 2. The van der Waals surface area contributed by atoms with Crippen LogP contribution in [0.4, 0.5) is 0 Å². The molecule has 0 aliphatic carbocycles. The van der Waals surface area contributed by atoms with E-state index in [2.05, 4.69) is 53.7 Å². The van der Waals surface area contributed by atoms with Gasteiger partial charge in [0.25, 0.3) is 0 Å². The van der Waals surface area contributed by atoms with Crippen LogP contribution < -0.4 is 0 Å². The van der Waals surface area contributed by atoms with Crippen LogP contribution in [-0.4, -0.2) is 19.6 Å². The molecule has 2 aromatic heterocycles. The maximum atomic E-state index is 5.65. The van der Waals surface area contributed by atoms with E-state index in [1.165, 1.54) is 11.4 Å². The van der Waals surface area contributed by atoms with Gasteiger partial charge in [-0.2, -0.15) is 10.2 Å². The summed E-state index contributed by atoms with van der Waals surface area (Å²) in [5.41, 5.74) is 5.80. The maximum Gasteiger partial charge on any atom is 2.00 e. The van der Waals surface area contributed by atoms with E-state index in [4.69, 9.17) is 35.5 Å². The van der Waals surface area contributed by atoms with E-state index in [1.54, 1.807) is 0 Å². The Balaban J connectivity index is 0.00000361. The van der Waals surface area contributed by atoms with Gasteiger partial charge in [0, 0.05) is 22.8 Å². The molecule has 0 saturated carbocycles. The zero-order valence-electron chi connectivity index (χ0n) is 21.8. The van der Waals surface area contributed by atoms with Gasteiger partial charge in [-0.25, -0.2) is 9.36 Å². The fourth-order valence-corrected chi connectivity index (χ4v) is 4.77. The van der Waals surface area contributed by atoms with Gasteiger partial charge >= 0.3 is 21.1 Å². The number of benzene rings is 2. The molecule has 7 heteroatoms. The standard InChI is InChI=1S/C29H36N4S2.Pt/c1-7-19(3)23-17-27(30-32(23)21-13-9-11-15-25(21)34)29(5,6)28-18-24(20(4)8-2)33(31-28)22-14-10-12-16-26(22)35;/h9-20,34-35H,7-8H2,1-6H3;/q;+2/p-2. The molecular weight excluding hydrogens is 664 g/mol. The van der Waals surface area contributed by atoms with Crippen LogP contribution in [0.15, 0.2) is 70.5 Å². The van der Waals surface area contributed by atoms with Crippen LogP contribution in [0.5, 0.6) is 0 Å². The summed E-state index contributed by atoms with van der Waals surface area (Å²) in [7, 11) is 0. The molecule has 2 atom stereocenters. The fraction of sp³-hybridized carbons (Fsp3) is 0.379. The Labute approximate surface area is 241 Å². The summed E-state index contributed by atoms with van der Waals surface area (Å²) in [5, 5.41) is 10.3. The Hall–Kier alpha value is -2.01. The van der Waals surface area contributed by atoms with Crippen LogP contribution in [0.2, 0.25) is 0 Å². The molecule has 0 bridgehead atoms. The molecule has 0 N–H and O–H groups in total. The van der Waals surface area contributed by atoms with E-state index in [1.807, 2.05) is 57.9 Å². The van der Waals surface area contributed by atoms with Crippen molar-refractivity contribution in [2.75, 3.05) is 0 Å². The number of aromatic nitrogens is 4. The summed E-state index contributed by atoms with van der Waals surface area (Å²) < 4.78 is 4.08. The van der Waals surface area contributed by atoms with E-state index >= 15 is 0 Å². The second-order valence-electron chi connectivity index (χ2n) is 9.91. The van der Waals surface area contributed by atoms with Crippen molar-refractivity contribution in [2.45, 2.75) is 81.4 Å². The van der Waals surface area contributed by atoms with Gasteiger partial charge in [-0.3, -0.25) is 0 Å². The van der Waals surface area contributed by atoms with Gasteiger partial charge in [-0.1, -0.05) is 64.1 Å². The summed E-state index contributed by atoms with van der Waals surface area (Å²) in [5.74, 6) is 0.698. The molecule has 2 aromatic carbocycles. The first-order valence-corrected chi connectivity index (χ1v) is 13.2. The SMILES string of the molecule is CCC(C)c1cc(C(C)(C)c2cc(C(C)CC)n(-c3ccccc3[S-])n2)nn1-c1ccccc1[S-].[Pt+2]. The molecular formula is C29H34N4PtS2. The molecule has 0 fully saturated rings. The van der Waals surface area contributed by atoms with Gasteiger partial charge in [0.05, 0.1) is 16.8 Å². The van der Waals surface area contributed by atoms with Gasteiger partial charge in [0.15, 0.2) is 0 Å². The van der Waals surface area contributed by atoms with Gasteiger partial charge in [-0.15, -0.1) is 9.79 Å². The summed E-state index contributed by atoms with van der Waals surface area (Å²) in [6.45, 7) is 13.3. The van der Waals surface area contributed by atoms with Crippen molar-refractivity contribution in [2.24, 2.45) is 0 Å². The summed E-state index contributed by atoms with van der Waals surface area (Å²) in [4.78, 5) is 1.60. The van der Waals surface area contributed by atoms with Crippen LogP contribution >= 0.6 is 0 Å². The van der Waals surface area contributed by atoms with Crippen molar-refractivity contribution in [3.05, 3.63) is 83.4 Å². The van der Waals surface area contributed by atoms with Crippen molar-refractivity contribution in [1.82, 2.24) is 19.6 Å². The van der Waals surface area contributed by atoms with Crippen molar-refractivity contribution in [3.8, 4) is 11.4 Å². The third kappa shape index (κ3) is 5.32. The predicted molar refractivity (Wildman–Crippen MR) is 148 cm³/mol. The molecule has 0 aliphatic heterocycles. The molecule has 36 heavy (non-hydrogen) atoms. The smallest absolute Gasteiger partial charge is 0.778 e. The van der Waals surface area contributed by atoms with Gasteiger partial charge in [-0.05, 0) is 62.8 Å². The first-order valence-electron chi connectivity index (χ1n) is 12.4. The molecule has 0 spiro atoms. The first kappa shape index (κ1) is 28.6. The largest absolute Gasteiger partial charge is 2.00 e. The van der Waals surface area contributed by atoms with Crippen LogP contribution in [0.25, 0.3) is 11.4 Å². The van der Waals surface area contributed by atoms with Crippen LogP contribution in [0.1, 0.15) is 89.0 Å². The second-order valence-corrected chi connectivity index (χ2v) is 10.8. The first-order chi connectivity index (χ1) is 16.7. The third-order valence-electron chi connectivity index (χ3n) is 7.18. The zero-order valence-corrected chi connectivity index (χ0v) is 25.7. The van der Waals surface area contributed by atoms with Crippen molar-refractivity contribution >= 4 is 25.3 Å². The predicted octanol–water partition coefficient (Wildman–Crippen LogP) is 7.22. The second kappa shape index (κ2) is 11.6. The van der Waals surface area contributed by atoms with Gasteiger partial charge in [0.1, 0.15) is 0 Å². The maximum absolute atomic E-state index is 5.65. The average Bonchev–Trinajstić information content (AvgIpc) is 3.50. The van der Waals surface area contributed by atoms with Gasteiger partial charge < -0.3 is 25.3 Å². The van der Waals surface area contributed by atoms with E-state index in [9.17, 15) is 0 Å². The number of hydrogen-bond acceptors (Lipinski definition) is 4. The topological polar surface area (TPSA) is 35.6 Å². The Bertz CT molecular complexity index is 1220. The Morgan fingerprint density at radius 3 is 1.42 bits per heavy atom. The minimum absolute atomic E-state index is 0. The van der Waals surface area contributed by atoms with E-state index in [0.717, 1.165) is 45.4 Å². The molecule has 0 aliphatic rings. The number of nitrogens with zero attached hydrogens (tertiary/aromatic N) is 4. The summed E-state index contributed by atoms with van der Waals surface area (Å²) in [6, 6.07) is 20.5. The molecule has 4 aromatic rings. The van der Waals surface area contributed by atoms with Gasteiger partial charge in [0.2, 0.25) is 0 Å². The third-order valence-corrected chi connectivity index (χ3v) is 7.87. The van der Waals surface area contributed by atoms with Crippen LogP contribution in [-0.2, 0) is 51.7 Å². The molecule has 4 nitrogen and oxygen atoms in total. The monoisotopic (exact) mass is 697 g/mol. The summed E-state index contributed by atoms with van der Waals surface area (Å²) in [6.07, 6.45) is 2.04.